The number of anilines is 1. The smallest absolute Gasteiger partial charge is 0.133 e. The summed E-state index contributed by atoms with van der Waals surface area (Å²) in [5.41, 5.74) is 9.50. The Morgan fingerprint density at radius 2 is 1.90 bits per heavy atom. The molecule has 3 heteroatoms. The summed E-state index contributed by atoms with van der Waals surface area (Å²) in [7, 11) is 2.19. The minimum absolute atomic E-state index is 0.573. The molecule has 0 saturated heterocycles. The van der Waals surface area contributed by atoms with E-state index in [1.165, 1.54) is 43.2 Å². The zero-order valence-corrected chi connectivity index (χ0v) is 13.4. The molecule has 1 aliphatic carbocycles. The van der Waals surface area contributed by atoms with Crippen molar-refractivity contribution in [2.24, 2.45) is 11.7 Å². The van der Waals surface area contributed by atoms with Crippen LogP contribution in [0.2, 0.25) is 0 Å². The van der Waals surface area contributed by atoms with Crippen LogP contribution in [-0.2, 0) is 6.54 Å². The summed E-state index contributed by atoms with van der Waals surface area (Å²) in [6, 6.07) is 2.75. The van der Waals surface area contributed by atoms with Crippen molar-refractivity contribution in [1.29, 1.82) is 0 Å². The first kappa shape index (κ1) is 15.3. The van der Waals surface area contributed by atoms with Crippen LogP contribution in [-0.4, -0.2) is 18.1 Å². The predicted molar refractivity (Wildman–Crippen MR) is 86.0 cm³/mol. The first-order chi connectivity index (χ1) is 9.56. The van der Waals surface area contributed by atoms with E-state index in [2.05, 4.69) is 38.8 Å². The van der Waals surface area contributed by atoms with Crippen molar-refractivity contribution in [1.82, 2.24) is 4.98 Å². The van der Waals surface area contributed by atoms with Crippen molar-refractivity contribution in [3.63, 3.8) is 0 Å². The Hall–Kier alpha value is -1.09. The molecule has 0 aliphatic heterocycles. The fraction of sp³-hybridized carbons (Fsp3) is 0.706. The van der Waals surface area contributed by atoms with Gasteiger partial charge in [0.25, 0.3) is 0 Å². The number of rotatable bonds is 4. The molecule has 0 bridgehead atoms. The standard InChI is InChI=1S/C17H29N3/c1-5-14-6-8-15(9-7-14)20(4)17-16(11-18)12(2)10-13(3)19-17/h10,14-15H,5-9,11,18H2,1-4H3. The lowest BCUT2D eigenvalue weighted by Crippen LogP contribution is -2.36. The molecule has 1 aromatic rings. The maximum Gasteiger partial charge on any atom is 0.133 e. The van der Waals surface area contributed by atoms with Gasteiger partial charge in [0.15, 0.2) is 0 Å². The summed E-state index contributed by atoms with van der Waals surface area (Å²) in [6.45, 7) is 7.09. The molecule has 112 valence electrons. The van der Waals surface area contributed by atoms with Crippen LogP contribution in [0.1, 0.15) is 55.8 Å². The van der Waals surface area contributed by atoms with Gasteiger partial charge in [-0.05, 0) is 57.1 Å². The van der Waals surface area contributed by atoms with Crippen LogP contribution in [0.4, 0.5) is 5.82 Å². The summed E-state index contributed by atoms with van der Waals surface area (Å²) in [6.07, 6.45) is 6.61. The molecule has 2 N–H and O–H groups in total. The van der Waals surface area contributed by atoms with Gasteiger partial charge in [-0.3, -0.25) is 0 Å². The Labute approximate surface area is 123 Å². The van der Waals surface area contributed by atoms with Crippen LogP contribution < -0.4 is 10.6 Å². The third-order valence-corrected chi connectivity index (χ3v) is 4.93. The van der Waals surface area contributed by atoms with Crippen molar-refractivity contribution in [2.75, 3.05) is 11.9 Å². The Kier molecular flexibility index (Phi) is 5.03. The number of hydrogen-bond acceptors (Lipinski definition) is 3. The third kappa shape index (κ3) is 3.14. The maximum atomic E-state index is 5.95. The molecule has 20 heavy (non-hydrogen) atoms. The van der Waals surface area contributed by atoms with Gasteiger partial charge < -0.3 is 10.6 Å². The summed E-state index contributed by atoms with van der Waals surface area (Å²) in [5, 5.41) is 0. The number of aromatic nitrogens is 1. The zero-order chi connectivity index (χ0) is 14.7. The van der Waals surface area contributed by atoms with E-state index in [0.717, 1.165) is 17.4 Å². The Balaban J connectivity index is 2.19. The molecule has 1 saturated carbocycles. The van der Waals surface area contributed by atoms with E-state index in [4.69, 9.17) is 10.7 Å². The van der Waals surface area contributed by atoms with Gasteiger partial charge in [0.2, 0.25) is 0 Å². The van der Waals surface area contributed by atoms with Gasteiger partial charge in [-0.25, -0.2) is 4.98 Å². The molecule has 1 aliphatic rings. The van der Waals surface area contributed by atoms with Gasteiger partial charge in [0, 0.05) is 30.9 Å². The highest BCUT2D eigenvalue weighted by Gasteiger charge is 2.25. The second kappa shape index (κ2) is 6.57. The van der Waals surface area contributed by atoms with Crippen LogP contribution in [0, 0.1) is 19.8 Å². The molecule has 1 heterocycles. The van der Waals surface area contributed by atoms with Gasteiger partial charge in [-0.15, -0.1) is 0 Å². The van der Waals surface area contributed by atoms with E-state index in [9.17, 15) is 0 Å². The number of hydrogen-bond donors (Lipinski definition) is 1. The molecule has 0 aromatic carbocycles. The van der Waals surface area contributed by atoms with Gasteiger partial charge in [-0.1, -0.05) is 13.3 Å². The van der Waals surface area contributed by atoms with E-state index in [-0.39, 0.29) is 0 Å². The lowest BCUT2D eigenvalue weighted by molar-refractivity contribution is 0.312. The van der Waals surface area contributed by atoms with E-state index < -0.39 is 0 Å². The number of pyridine rings is 1. The Morgan fingerprint density at radius 1 is 1.25 bits per heavy atom. The molecule has 2 rings (SSSR count). The first-order valence-electron chi connectivity index (χ1n) is 7.96. The van der Waals surface area contributed by atoms with Crippen molar-refractivity contribution < 1.29 is 0 Å². The first-order valence-corrected chi connectivity index (χ1v) is 7.96. The zero-order valence-electron chi connectivity index (χ0n) is 13.4. The molecule has 0 amide bonds. The van der Waals surface area contributed by atoms with E-state index in [1.807, 2.05) is 0 Å². The molecule has 1 aromatic heterocycles. The molecule has 3 nitrogen and oxygen atoms in total. The second-order valence-electron chi connectivity index (χ2n) is 6.28. The summed E-state index contributed by atoms with van der Waals surface area (Å²) in [4.78, 5) is 7.15. The van der Waals surface area contributed by atoms with Crippen molar-refractivity contribution in [3.05, 3.63) is 22.9 Å². The molecule has 0 spiro atoms. The van der Waals surface area contributed by atoms with E-state index >= 15 is 0 Å². The molecular formula is C17H29N3. The topological polar surface area (TPSA) is 42.2 Å². The average molecular weight is 275 g/mol. The number of aryl methyl sites for hydroxylation is 2. The Morgan fingerprint density at radius 3 is 2.45 bits per heavy atom. The normalized spacial score (nSPS) is 22.9. The van der Waals surface area contributed by atoms with Crippen LogP contribution in [0.25, 0.3) is 0 Å². The summed E-state index contributed by atoms with van der Waals surface area (Å²) >= 11 is 0. The fourth-order valence-electron chi connectivity index (χ4n) is 3.50. The monoisotopic (exact) mass is 275 g/mol. The minimum Gasteiger partial charge on any atom is -0.356 e. The molecule has 0 radical (unpaired) electrons. The molecule has 0 atom stereocenters. The highest BCUT2D eigenvalue weighted by Crippen LogP contribution is 2.32. The van der Waals surface area contributed by atoms with Crippen molar-refractivity contribution in [3.8, 4) is 0 Å². The average Bonchev–Trinajstić information content (AvgIpc) is 2.46. The second-order valence-corrected chi connectivity index (χ2v) is 6.28. The molecule has 0 unspecified atom stereocenters. The largest absolute Gasteiger partial charge is 0.356 e. The van der Waals surface area contributed by atoms with Crippen molar-refractivity contribution >= 4 is 5.82 Å². The van der Waals surface area contributed by atoms with E-state index in [0.29, 0.717) is 12.6 Å². The van der Waals surface area contributed by atoms with Crippen LogP contribution in [0.3, 0.4) is 0 Å². The summed E-state index contributed by atoms with van der Waals surface area (Å²) < 4.78 is 0. The quantitative estimate of drug-likeness (QED) is 0.913. The van der Waals surface area contributed by atoms with Gasteiger partial charge in [-0.2, -0.15) is 0 Å². The highest BCUT2D eigenvalue weighted by molar-refractivity contribution is 5.51. The summed E-state index contributed by atoms with van der Waals surface area (Å²) in [5.74, 6) is 2.03. The third-order valence-electron chi connectivity index (χ3n) is 4.93. The van der Waals surface area contributed by atoms with Crippen LogP contribution >= 0.6 is 0 Å². The Bertz CT molecular complexity index is 448. The lowest BCUT2D eigenvalue weighted by Gasteiger charge is -2.36. The van der Waals surface area contributed by atoms with E-state index in [1.54, 1.807) is 0 Å². The van der Waals surface area contributed by atoms with Crippen LogP contribution in [0.5, 0.6) is 0 Å². The lowest BCUT2D eigenvalue weighted by atomic mass is 9.84. The predicted octanol–water partition coefficient (Wildman–Crippen LogP) is 3.56. The van der Waals surface area contributed by atoms with Crippen LogP contribution in [0.15, 0.2) is 6.07 Å². The number of nitrogens with zero attached hydrogens (tertiary/aromatic N) is 2. The van der Waals surface area contributed by atoms with Gasteiger partial charge >= 0.3 is 0 Å². The fourth-order valence-corrected chi connectivity index (χ4v) is 3.50. The molecular weight excluding hydrogens is 246 g/mol. The maximum absolute atomic E-state index is 5.95. The van der Waals surface area contributed by atoms with Gasteiger partial charge in [0.1, 0.15) is 5.82 Å². The highest BCUT2D eigenvalue weighted by atomic mass is 15.2. The SMILES string of the molecule is CCC1CCC(N(C)c2nc(C)cc(C)c2CN)CC1. The number of nitrogens with two attached hydrogens (primary N) is 1. The van der Waals surface area contributed by atoms with Gasteiger partial charge in [0.05, 0.1) is 0 Å². The molecule has 1 fully saturated rings. The minimum atomic E-state index is 0.573. The van der Waals surface area contributed by atoms with Crippen molar-refractivity contribution in [2.45, 2.75) is 65.5 Å².